The third kappa shape index (κ3) is 3.32. The zero-order chi connectivity index (χ0) is 15.4. The predicted molar refractivity (Wildman–Crippen MR) is 76.0 cm³/mol. The molecule has 2 rings (SSSR count). The van der Waals surface area contributed by atoms with Crippen LogP contribution < -0.4 is 5.32 Å². The van der Waals surface area contributed by atoms with Crippen molar-refractivity contribution in [2.75, 3.05) is 0 Å². The Kier molecular flexibility index (Phi) is 4.44. The molecule has 0 aliphatic rings. The fourth-order valence-electron chi connectivity index (χ4n) is 1.80. The van der Waals surface area contributed by atoms with Crippen LogP contribution in [0.1, 0.15) is 28.9 Å². The molecular formula is C13H11ClN4O3. The first-order chi connectivity index (χ1) is 10.0. The maximum absolute atomic E-state index is 12.2. The third-order valence-electron chi connectivity index (χ3n) is 2.86. The van der Waals surface area contributed by atoms with Crippen LogP contribution in [0, 0.1) is 10.1 Å². The van der Waals surface area contributed by atoms with E-state index >= 15 is 0 Å². The second-order valence-electron chi connectivity index (χ2n) is 4.23. The minimum absolute atomic E-state index is 0.124. The van der Waals surface area contributed by atoms with Gasteiger partial charge in [-0.15, -0.1) is 0 Å². The van der Waals surface area contributed by atoms with Crippen LogP contribution in [0.15, 0.2) is 36.8 Å². The first kappa shape index (κ1) is 14.9. The number of aromatic nitrogens is 2. The summed E-state index contributed by atoms with van der Waals surface area (Å²) in [6.45, 7) is 1.77. The third-order valence-corrected chi connectivity index (χ3v) is 3.14. The standard InChI is InChI=1S/C13H11ClN4O3/c1-8(9-2-5-15-6-3-9)17-13(19)10-4-7-16-12(14)11(10)18(20)21/h2-8H,1H3,(H,17,19). The highest BCUT2D eigenvalue weighted by Crippen LogP contribution is 2.26. The Balaban J connectivity index is 2.26. The smallest absolute Gasteiger partial charge is 0.319 e. The zero-order valence-corrected chi connectivity index (χ0v) is 11.7. The number of nitro groups is 1. The van der Waals surface area contributed by atoms with Gasteiger partial charge in [0.2, 0.25) is 5.15 Å². The second kappa shape index (κ2) is 6.27. The SMILES string of the molecule is CC(NC(=O)c1ccnc(Cl)c1[N+](=O)[O-])c1ccncc1. The summed E-state index contributed by atoms with van der Waals surface area (Å²) in [6.07, 6.45) is 4.45. The predicted octanol–water partition coefficient (Wildman–Crippen LogP) is 2.53. The highest BCUT2D eigenvalue weighted by atomic mass is 35.5. The zero-order valence-electron chi connectivity index (χ0n) is 11.0. The molecule has 2 heterocycles. The van der Waals surface area contributed by atoms with Crippen LogP contribution in [-0.2, 0) is 0 Å². The normalized spacial score (nSPS) is 11.7. The Morgan fingerprint density at radius 1 is 1.33 bits per heavy atom. The Morgan fingerprint density at radius 2 is 2.00 bits per heavy atom. The number of nitrogens with one attached hydrogen (secondary N) is 1. The van der Waals surface area contributed by atoms with E-state index in [1.54, 1.807) is 31.5 Å². The molecule has 0 aromatic carbocycles. The van der Waals surface area contributed by atoms with Gasteiger partial charge in [-0.25, -0.2) is 4.98 Å². The first-order valence-corrected chi connectivity index (χ1v) is 6.38. The first-order valence-electron chi connectivity index (χ1n) is 6.00. The van der Waals surface area contributed by atoms with Gasteiger partial charge in [-0.2, -0.15) is 0 Å². The van der Waals surface area contributed by atoms with Gasteiger partial charge < -0.3 is 5.32 Å². The van der Waals surface area contributed by atoms with Gasteiger partial charge in [-0.05, 0) is 30.7 Å². The molecule has 2 aromatic heterocycles. The van der Waals surface area contributed by atoms with Crippen molar-refractivity contribution in [1.29, 1.82) is 0 Å². The summed E-state index contributed by atoms with van der Waals surface area (Å²) < 4.78 is 0. The Labute approximate surface area is 125 Å². The summed E-state index contributed by atoms with van der Waals surface area (Å²) >= 11 is 5.68. The highest BCUT2D eigenvalue weighted by Gasteiger charge is 2.25. The molecule has 2 aromatic rings. The number of pyridine rings is 2. The highest BCUT2D eigenvalue weighted by molar-refractivity contribution is 6.32. The lowest BCUT2D eigenvalue weighted by molar-refractivity contribution is -0.385. The molecule has 0 aliphatic carbocycles. The van der Waals surface area contributed by atoms with Crippen molar-refractivity contribution >= 4 is 23.2 Å². The topological polar surface area (TPSA) is 98.0 Å². The molecule has 1 amide bonds. The number of carbonyl (C=O) groups is 1. The van der Waals surface area contributed by atoms with E-state index in [2.05, 4.69) is 15.3 Å². The molecule has 1 N–H and O–H groups in total. The van der Waals surface area contributed by atoms with Crippen LogP contribution in [0.4, 0.5) is 5.69 Å². The molecule has 0 spiro atoms. The summed E-state index contributed by atoms with van der Waals surface area (Å²) in [6, 6.07) is 4.43. The van der Waals surface area contributed by atoms with Crippen LogP contribution >= 0.6 is 11.6 Å². The minimum Gasteiger partial charge on any atom is -0.345 e. The van der Waals surface area contributed by atoms with Gasteiger partial charge in [0.1, 0.15) is 5.56 Å². The molecule has 108 valence electrons. The Hall–Kier alpha value is -2.54. The summed E-state index contributed by atoms with van der Waals surface area (Å²) in [5.74, 6) is -0.588. The van der Waals surface area contributed by atoms with Gasteiger partial charge in [-0.3, -0.25) is 19.9 Å². The molecular weight excluding hydrogens is 296 g/mol. The van der Waals surface area contributed by atoms with Crippen molar-refractivity contribution in [3.63, 3.8) is 0 Å². The molecule has 8 heteroatoms. The average molecular weight is 307 g/mol. The van der Waals surface area contributed by atoms with Crippen molar-refractivity contribution < 1.29 is 9.72 Å². The number of nitrogens with zero attached hydrogens (tertiary/aromatic N) is 3. The lowest BCUT2D eigenvalue weighted by Gasteiger charge is -2.14. The van der Waals surface area contributed by atoms with Gasteiger partial charge in [0.25, 0.3) is 5.91 Å². The summed E-state index contributed by atoms with van der Waals surface area (Å²) in [7, 11) is 0. The van der Waals surface area contributed by atoms with E-state index in [-0.39, 0.29) is 16.8 Å². The molecule has 0 saturated carbocycles. The monoisotopic (exact) mass is 306 g/mol. The van der Waals surface area contributed by atoms with Crippen LogP contribution in [-0.4, -0.2) is 20.8 Å². The van der Waals surface area contributed by atoms with Crippen molar-refractivity contribution in [3.05, 3.63) is 63.2 Å². The van der Waals surface area contributed by atoms with Gasteiger partial charge in [-0.1, -0.05) is 11.6 Å². The fourth-order valence-corrected chi connectivity index (χ4v) is 2.02. The van der Waals surface area contributed by atoms with Crippen LogP contribution in [0.2, 0.25) is 5.15 Å². The molecule has 0 radical (unpaired) electrons. The van der Waals surface area contributed by atoms with Crippen LogP contribution in [0.5, 0.6) is 0 Å². The van der Waals surface area contributed by atoms with Gasteiger partial charge >= 0.3 is 5.69 Å². The maximum Gasteiger partial charge on any atom is 0.319 e. The number of hydrogen-bond acceptors (Lipinski definition) is 5. The van der Waals surface area contributed by atoms with Crippen molar-refractivity contribution in [2.24, 2.45) is 0 Å². The van der Waals surface area contributed by atoms with Gasteiger partial charge in [0, 0.05) is 18.6 Å². The number of carbonyl (C=O) groups excluding carboxylic acids is 1. The van der Waals surface area contributed by atoms with E-state index in [0.29, 0.717) is 0 Å². The number of halogens is 1. The van der Waals surface area contributed by atoms with E-state index in [0.717, 1.165) is 5.56 Å². The quantitative estimate of drug-likeness (QED) is 0.531. The largest absolute Gasteiger partial charge is 0.345 e. The average Bonchev–Trinajstić information content (AvgIpc) is 2.47. The fraction of sp³-hybridized carbons (Fsp3) is 0.154. The molecule has 1 unspecified atom stereocenters. The number of amides is 1. The van der Waals surface area contributed by atoms with Crippen molar-refractivity contribution in [3.8, 4) is 0 Å². The van der Waals surface area contributed by atoms with E-state index in [9.17, 15) is 14.9 Å². The van der Waals surface area contributed by atoms with E-state index < -0.39 is 16.5 Å². The summed E-state index contributed by atoms with van der Waals surface area (Å²) in [5, 5.41) is 13.4. The van der Waals surface area contributed by atoms with E-state index in [1.165, 1.54) is 12.3 Å². The lowest BCUT2D eigenvalue weighted by Crippen LogP contribution is -2.27. The molecule has 7 nitrogen and oxygen atoms in total. The molecule has 21 heavy (non-hydrogen) atoms. The molecule has 0 saturated heterocycles. The van der Waals surface area contributed by atoms with Crippen molar-refractivity contribution in [1.82, 2.24) is 15.3 Å². The molecule has 0 aliphatic heterocycles. The maximum atomic E-state index is 12.2. The number of hydrogen-bond donors (Lipinski definition) is 1. The Bertz CT molecular complexity index is 678. The summed E-state index contributed by atoms with van der Waals surface area (Å²) in [4.78, 5) is 30.0. The second-order valence-corrected chi connectivity index (χ2v) is 4.59. The van der Waals surface area contributed by atoms with E-state index in [1.807, 2.05) is 0 Å². The Morgan fingerprint density at radius 3 is 2.62 bits per heavy atom. The van der Waals surface area contributed by atoms with Gasteiger partial charge in [0.05, 0.1) is 11.0 Å². The number of rotatable bonds is 4. The molecule has 0 fully saturated rings. The van der Waals surface area contributed by atoms with E-state index in [4.69, 9.17) is 11.6 Å². The van der Waals surface area contributed by atoms with Crippen molar-refractivity contribution in [2.45, 2.75) is 13.0 Å². The molecule has 1 atom stereocenters. The van der Waals surface area contributed by atoms with Crippen LogP contribution in [0.3, 0.4) is 0 Å². The minimum atomic E-state index is -0.721. The summed E-state index contributed by atoms with van der Waals surface area (Å²) in [5.41, 5.74) is 0.209. The van der Waals surface area contributed by atoms with Crippen LogP contribution in [0.25, 0.3) is 0 Å². The molecule has 0 bridgehead atoms. The van der Waals surface area contributed by atoms with Gasteiger partial charge in [0.15, 0.2) is 0 Å². The lowest BCUT2D eigenvalue weighted by atomic mass is 10.1.